The van der Waals surface area contributed by atoms with Crippen molar-refractivity contribution in [3.8, 4) is 5.75 Å². The molecule has 3 nitrogen and oxygen atoms in total. The summed E-state index contributed by atoms with van der Waals surface area (Å²) in [6.07, 6.45) is 5.87. The third kappa shape index (κ3) is 1.80. The normalized spacial score (nSPS) is 29.8. The fraction of sp³-hybridized carbons (Fsp3) is 0.400. The number of hydrogen-bond donors (Lipinski definition) is 0. The predicted molar refractivity (Wildman–Crippen MR) is 70.5 cm³/mol. The fourth-order valence-electron chi connectivity index (χ4n) is 2.62. The highest BCUT2D eigenvalue weighted by Gasteiger charge is 2.51. The molecule has 1 aliphatic heterocycles. The second kappa shape index (κ2) is 3.87. The van der Waals surface area contributed by atoms with E-state index in [1.165, 1.54) is 0 Å². The largest absolute Gasteiger partial charge is 0.497 e. The lowest BCUT2D eigenvalue weighted by Gasteiger charge is -2.19. The number of carbonyl (C=O) groups excluding carboxylic acids is 1. The van der Waals surface area contributed by atoms with Crippen molar-refractivity contribution in [2.75, 3.05) is 12.0 Å². The molecule has 0 aromatic heterocycles. The second-order valence-corrected chi connectivity index (χ2v) is 5.44. The molecule has 1 fully saturated rings. The van der Waals surface area contributed by atoms with Crippen LogP contribution in [-0.2, 0) is 4.79 Å². The summed E-state index contributed by atoms with van der Waals surface area (Å²) in [7, 11) is 1.64. The van der Waals surface area contributed by atoms with Gasteiger partial charge in [-0.2, -0.15) is 0 Å². The predicted octanol–water partition coefficient (Wildman–Crippen LogP) is 2.97. The van der Waals surface area contributed by atoms with Gasteiger partial charge in [0.15, 0.2) is 0 Å². The number of amides is 1. The van der Waals surface area contributed by atoms with Crippen LogP contribution >= 0.6 is 0 Å². The van der Waals surface area contributed by atoms with Crippen LogP contribution in [0.5, 0.6) is 5.75 Å². The summed E-state index contributed by atoms with van der Waals surface area (Å²) in [6.45, 7) is 2.19. The molecule has 1 amide bonds. The van der Waals surface area contributed by atoms with Gasteiger partial charge in [-0.3, -0.25) is 9.69 Å². The number of rotatable bonds is 2. The van der Waals surface area contributed by atoms with E-state index in [0.29, 0.717) is 12.3 Å². The quantitative estimate of drug-likeness (QED) is 0.799. The van der Waals surface area contributed by atoms with Crippen LogP contribution in [0.2, 0.25) is 0 Å². The van der Waals surface area contributed by atoms with Crippen molar-refractivity contribution < 1.29 is 9.53 Å². The summed E-state index contributed by atoms with van der Waals surface area (Å²) >= 11 is 0. The molecular formula is C15H17NO2. The Bertz CT molecular complexity index is 506. The summed E-state index contributed by atoms with van der Waals surface area (Å²) in [4.78, 5) is 14.0. The molecule has 94 valence electrons. The lowest BCUT2D eigenvalue weighted by molar-refractivity contribution is -0.119. The molecular weight excluding hydrogens is 226 g/mol. The van der Waals surface area contributed by atoms with Crippen LogP contribution in [0.3, 0.4) is 0 Å². The lowest BCUT2D eigenvalue weighted by atomic mass is 10.0. The van der Waals surface area contributed by atoms with Crippen molar-refractivity contribution in [1.29, 1.82) is 0 Å². The molecule has 0 bridgehead atoms. The van der Waals surface area contributed by atoms with Gasteiger partial charge in [-0.05, 0) is 42.0 Å². The number of hydrogen-bond acceptors (Lipinski definition) is 2. The summed E-state index contributed by atoms with van der Waals surface area (Å²) in [5.41, 5.74) is 1.11. The maximum atomic E-state index is 12.3. The van der Waals surface area contributed by atoms with Crippen molar-refractivity contribution in [2.45, 2.75) is 19.8 Å². The molecule has 1 aromatic carbocycles. The number of carbonyl (C=O) groups is 1. The van der Waals surface area contributed by atoms with Crippen molar-refractivity contribution >= 4 is 11.6 Å². The SMILES string of the molecule is COc1ccc(N2C=CC3CC3(C)CC2=O)cc1. The van der Waals surface area contributed by atoms with Gasteiger partial charge in [0.05, 0.1) is 7.11 Å². The Labute approximate surface area is 107 Å². The van der Waals surface area contributed by atoms with Crippen molar-refractivity contribution in [3.63, 3.8) is 0 Å². The highest BCUT2D eigenvalue weighted by atomic mass is 16.5. The van der Waals surface area contributed by atoms with Gasteiger partial charge in [-0.25, -0.2) is 0 Å². The van der Waals surface area contributed by atoms with E-state index in [1.54, 1.807) is 12.0 Å². The van der Waals surface area contributed by atoms with Crippen LogP contribution in [0.4, 0.5) is 5.69 Å². The fourth-order valence-corrected chi connectivity index (χ4v) is 2.62. The number of methoxy groups -OCH3 is 1. The number of allylic oxidation sites excluding steroid dienone is 1. The number of nitrogens with zero attached hydrogens (tertiary/aromatic N) is 1. The Morgan fingerprint density at radius 3 is 2.72 bits per heavy atom. The second-order valence-electron chi connectivity index (χ2n) is 5.44. The Kier molecular flexibility index (Phi) is 2.44. The average molecular weight is 243 g/mol. The van der Waals surface area contributed by atoms with E-state index in [1.807, 2.05) is 30.5 Å². The standard InChI is InChI=1S/C15H17NO2/c1-15-9-11(15)7-8-16(14(17)10-15)12-3-5-13(18-2)6-4-12/h3-8,11H,9-10H2,1-2H3. The molecule has 0 spiro atoms. The maximum absolute atomic E-state index is 12.3. The van der Waals surface area contributed by atoms with Gasteiger partial charge in [0.25, 0.3) is 0 Å². The first-order valence-electron chi connectivity index (χ1n) is 6.27. The summed E-state index contributed by atoms with van der Waals surface area (Å²) < 4.78 is 5.13. The molecule has 2 atom stereocenters. The molecule has 1 aromatic rings. The Morgan fingerprint density at radius 2 is 2.06 bits per heavy atom. The van der Waals surface area contributed by atoms with E-state index in [0.717, 1.165) is 17.9 Å². The van der Waals surface area contributed by atoms with E-state index in [4.69, 9.17) is 4.74 Å². The first kappa shape index (κ1) is 11.3. The van der Waals surface area contributed by atoms with Gasteiger partial charge in [-0.1, -0.05) is 13.0 Å². The van der Waals surface area contributed by atoms with Crippen LogP contribution in [0.15, 0.2) is 36.5 Å². The summed E-state index contributed by atoms with van der Waals surface area (Å²) in [5.74, 6) is 1.56. The van der Waals surface area contributed by atoms with Crippen LogP contribution in [0.1, 0.15) is 19.8 Å². The molecule has 1 aliphatic carbocycles. The zero-order chi connectivity index (χ0) is 12.8. The molecule has 2 unspecified atom stereocenters. The molecule has 0 N–H and O–H groups in total. The molecule has 18 heavy (non-hydrogen) atoms. The summed E-state index contributed by atoms with van der Waals surface area (Å²) in [5, 5.41) is 0. The smallest absolute Gasteiger partial charge is 0.231 e. The van der Waals surface area contributed by atoms with Crippen LogP contribution < -0.4 is 9.64 Å². The third-order valence-electron chi connectivity index (χ3n) is 4.06. The Hall–Kier alpha value is -1.77. The minimum Gasteiger partial charge on any atom is -0.497 e. The minimum atomic E-state index is 0.180. The van der Waals surface area contributed by atoms with Crippen LogP contribution in [-0.4, -0.2) is 13.0 Å². The number of anilines is 1. The molecule has 0 radical (unpaired) electrons. The first-order chi connectivity index (χ1) is 8.62. The maximum Gasteiger partial charge on any atom is 0.231 e. The van der Waals surface area contributed by atoms with Gasteiger partial charge < -0.3 is 4.74 Å². The van der Waals surface area contributed by atoms with Crippen molar-refractivity contribution in [2.24, 2.45) is 11.3 Å². The van der Waals surface area contributed by atoms with E-state index >= 15 is 0 Å². The number of fused-ring (bicyclic) bond motifs is 1. The van der Waals surface area contributed by atoms with Crippen LogP contribution in [0, 0.1) is 11.3 Å². The van der Waals surface area contributed by atoms with Gasteiger partial charge in [-0.15, -0.1) is 0 Å². The van der Waals surface area contributed by atoms with Crippen molar-refractivity contribution in [1.82, 2.24) is 0 Å². The van der Waals surface area contributed by atoms with Gasteiger partial charge >= 0.3 is 0 Å². The average Bonchev–Trinajstić information content (AvgIpc) is 3.01. The van der Waals surface area contributed by atoms with Crippen LogP contribution in [0.25, 0.3) is 0 Å². The summed E-state index contributed by atoms with van der Waals surface area (Å²) in [6, 6.07) is 7.59. The molecule has 3 heteroatoms. The zero-order valence-electron chi connectivity index (χ0n) is 10.7. The number of benzene rings is 1. The van der Waals surface area contributed by atoms with E-state index in [-0.39, 0.29) is 11.3 Å². The van der Waals surface area contributed by atoms with E-state index in [2.05, 4.69) is 13.0 Å². The number of ether oxygens (including phenoxy) is 1. The first-order valence-corrected chi connectivity index (χ1v) is 6.27. The molecule has 0 saturated heterocycles. The zero-order valence-corrected chi connectivity index (χ0v) is 10.7. The van der Waals surface area contributed by atoms with Gasteiger partial charge in [0.2, 0.25) is 5.91 Å². The topological polar surface area (TPSA) is 29.5 Å². The van der Waals surface area contributed by atoms with E-state index < -0.39 is 0 Å². The van der Waals surface area contributed by atoms with Gasteiger partial charge in [0.1, 0.15) is 5.75 Å². The minimum absolute atomic E-state index is 0.180. The van der Waals surface area contributed by atoms with E-state index in [9.17, 15) is 4.79 Å². The molecule has 3 rings (SSSR count). The molecule has 2 aliphatic rings. The highest BCUT2D eigenvalue weighted by molar-refractivity contribution is 5.96. The molecule has 1 saturated carbocycles. The Morgan fingerprint density at radius 1 is 1.33 bits per heavy atom. The van der Waals surface area contributed by atoms with Crippen molar-refractivity contribution in [3.05, 3.63) is 36.5 Å². The van der Waals surface area contributed by atoms with Gasteiger partial charge in [0, 0.05) is 18.3 Å². The molecule has 1 heterocycles. The Balaban J connectivity index is 1.86. The monoisotopic (exact) mass is 243 g/mol. The third-order valence-corrected chi connectivity index (χ3v) is 4.06. The lowest BCUT2D eigenvalue weighted by Crippen LogP contribution is -2.26. The highest BCUT2D eigenvalue weighted by Crippen LogP contribution is 2.57.